The number of aromatic nitrogens is 4. The quantitative estimate of drug-likeness (QED) is 0.452. The number of amides is 1. The lowest BCUT2D eigenvalue weighted by Crippen LogP contribution is -2.40. The molecule has 5 rings (SSSR count). The second kappa shape index (κ2) is 9.21. The Morgan fingerprint density at radius 1 is 0.971 bits per heavy atom. The van der Waals surface area contributed by atoms with Gasteiger partial charge in [0, 0.05) is 17.6 Å². The zero-order valence-corrected chi connectivity index (χ0v) is 19.3. The molecule has 2 aromatic heterocycles. The van der Waals surface area contributed by atoms with Gasteiger partial charge in [-0.3, -0.25) is 4.79 Å². The van der Waals surface area contributed by atoms with E-state index in [1.807, 2.05) is 48.9 Å². The first-order valence-electron chi connectivity index (χ1n) is 11.6. The van der Waals surface area contributed by atoms with Gasteiger partial charge in [-0.1, -0.05) is 24.3 Å². The van der Waals surface area contributed by atoms with Crippen LogP contribution in [0.4, 0.5) is 10.2 Å². The van der Waals surface area contributed by atoms with E-state index < -0.39 is 5.82 Å². The first-order chi connectivity index (χ1) is 16.5. The molecule has 174 valence electrons. The summed E-state index contributed by atoms with van der Waals surface area (Å²) in [5.74, 6) is 0.850. The van der Waals surface area contributed by atoms with Gasteiger partial charge in [0.1, 0.15) is 17.5 Å². The average Bonchev–Trinajstić information content (AvgIpc) is 3.17. The monoisotopic (exact) mass is 458 g/mol. The molecule has 0 radical (unpaired) electrons. The van der Waals surface area contributed by atoms with Crippen molar-refractivity contribution < 1.29 is 9.18 Å². The summed E-state index contributed by atoms with van der Waals surface area (Å²) in [5, 5.41) is 12.3. The number of hydrogen-bond donors (Lipinski definition) is 2. The molecule has 1 fully saturated rings. The highest BCUT2D eigenvalue weighted by Gasteiger charge is 2.25. The lowest BCUT2D eigenvalue weighted by Gasteiger charge is -2.30. The summed E-state index contributed by atoms with van der Waals surface area (Å²) in [6.45, 7) is 3.87. The van der Waals surface area contributed by atoms with Crippen LogP contribution in [0.25, 0.3) is 16.7 Å². The molecule has 7 nitrogen and oxygen atoms in total. The number of carbonyl (C=O) groups excluding carboxylic acids is 1. The lowest BCUT2D eigenvalue weighted by atomic mass is 9.91. The third-order valence-electron chi connectivity index (χ3n) is 6.30. The van der Waals surface area contributed by atoms with E-state index in [2.05, 4.69) is 15.6 Å². The fraction of sp³-hybridized carbons (Fsp3) is 0.308. The maximum Gasteiger partial charge on any atom is 0.251 e. The summed E-state index contributed by atoms with van der Waals surface area (Å²) in [6, 6.07) is 16.1. The molecule has 1 aliphatic rings. The summed E-state index contributed by atoms with van der Waals surface area (Å²) in [4.78, 5) is 21.8. The number of rotatable bonds is 5. The number of benzene rings is 2. The minimum Gasteiger partial charge on any atom is -0.367 e. The summed E-state index contributed by atoms with van der Waals surface area (Å²) < 4.78 is 15.3. The van der Waals surface area contributed by atoms with E-state index in [0.717, 1.165) is 53.9 Å². The van der Waals surface area contributed by atoms with Crippen molar-refractivity contribution in [3.63, 3.8) is 0 Å². The second-order valence-electron chi connectivity index (χ2n) is 8.83. The Morgan fingerprint density at radius 3 is 2.44 bits per heavy atom. The van der Waals surface area contributed by atoms with Crippen molar-refractivity contribution in [3.05, 3.63) is 77.5 Å². The van der Waals surface area contributed by atoms with Gasteiger partial charge in [0.25, 0.3) is 5.91 Å². The summed E-state index contributed by atoms with van der Waals surface area (Å²) in [7, 11) is 0. The van der Waals surface area contributed by atoms with Crippen LogP contribution >= 0.6 is 0 Å². The fourth-order valence-electron chi connectivity index (χ4n) is 4.62. The molecular weight excluding hydrogens is 431 g/mol. The van der Waals surface area contributed by atoms with Crippen molar-refractivity contribution in [1.29, 1.82) is 0 Å². The van der Waals surface area contributed by atoms with E-state index in [-0.39, 0.29) is 18.0 Å². The zero-order valence-electron chi connectivity index (χ0n) is 19.3. The van der Waals surface area contributed by atoms with Crippen LogP contribution in [0.2, 0.25) is 0 Å². The summed E-state index contributed by atoms with van der Waals surface area (Å²) in [5.41, 5.74) is 2.97. The van der Waals surface area contributed by atoms with Gasteiger partial charge in [0.05, 0.1) is 16.8 Å². The molecule has 0 unspecified atom stereocenters. The highest BCUT2D eigenvalue weighted by atomic mass is 19.1. The Balaban J connectivity index is 1.29. The summed E-state index contributed by atoms with van der Waals surface area (Å²) in [6.07, 6.45) is 3.47. The van der Waals surface area contributed by atoms with Crippen LogP contribution in [0.15, 0.2) is 54.6 Å². The number of para-hydroxylation sites is 1. The molecule has 0 spiro atoms. The first kappa shape index (κ1) is 22.0. The van der Waals surface area contributed by atoms with Crippen molar-refractivity contribution >= 4 is 22.8 Å². The third-order valence-corrected chi connectivity index (χ3v) is 6.30. The predicted molar refractivity (Wildman–Crippen MR) is 130 cm³/mol. The number of anilines is 1. The molecule has 0 saturated heterocycles. The molecular formula is C26H27FN6O. The van der Waals surface area contributed by atoms with Crippen molar-refractivity contribution in [2.24, 2.45) is 0 Å². The number of carbonyl (C=O) groups is 1. The zero-order chi connectivity index (χ0) is 23.7. The van der Waals surface area contributed by atoms with Gasteiger partial charge in [0.2, 0.25) is 0 Å². The van der Waals surface area contributed by atoms with Gasteiger partial charge in [0.15, 0.2) is 5.65 Å². The fourth-order valence-corrected chi connectivity index (χ4v) is 4.62. The maximum absolute atomic E-state index is 13.4. The molecule has 2 N–H and O–H groups in total. The second-order valence-corrected chi connectivity index (χ2v) is 8.83. The highest BCUT2D eigenvalue weighted by molar-refractivity contribution is 5.94. The number of halogens is 1. The van der Waals surface area contributed by atoms with E-state index in [0.29, 0.717) is 11.4 Å². The van der Waals surface area contributed by atoms with Crippen LogP contribution in [-0.2, 0) is 0 Å². The van der Waals surface area contributed by atoms with E-state index in [4.69, 9.17) is 10.1 Å². The molecule has 0 bridgehead atoms. The predicted octanol–water partition coefficient (Wildman–Crippen LogP) is 4.72. The maximum atomic E-state index is 13.4. The van der Waals surface area contributed by atoms with Crippen LogP contribution in [0.3, 0.4) is 0 Å². The number of fused-ring (bicyclic) bond motifs is 1. The number of nitrogens with zero attached hydrogens (tertiary/aromatic N) is 4. The van der Waals surface area contributed by atoms with E-state index in [1.165, 1.54) is 12.1 Å². The van der Waals surface area contributed by atoms with Crippen molar-refractivity contribution in [3.8, 4) is 5.69 Å². The third kappa shape index (κ3) is 4.48. The molecule has 34 heavy (non-hydrogen) atoms. The smallest absolute Gasteiger partial charge is 0.251 e. The van der Waals surface area contributed by atoms with Gasteiger partial charge in [-0.05, 0) is 69.9 Å². The van der Waals surface area contributed by atoms with Crippen molar-refractivity contribution in [2.45, 2.75) is 51.6 Å². The molecule has 8 heteroatoms. The lowest BCUT2D eigenvalue weighted by molar-refractivity contribution is 0.0926. The van der Waals surface area contributed by atoms with Crippen LogP contribution in [0.1, 0.15) is 47.6 Å². The van der Waals surface area contributed by atoms with Crippen LogP contribution in [0, 0.1) is 19.7 Å². The SMILES string of the molecule is Cc1nc(NC2CCC(NC(=O)c3cccc(F)c3)CC2)c2c(C)nn(-c3ccccc3)c2n1. The molecule has 1 amide bonds. The van der Waals surface area contributed by atoms with Crippen molar-refractivity contribution in [1.82, 2.24) is 25.1 Å². The van der Waals surface area contributed by atoms with E-state index >= 15 is 0 Å². The van der Waals surface area contributed by atoms with Gasteiger partial charge in [-0.2, -0.15) is 5.10 Å². The van der Waals surface area contributed by atoms with Gasteiger partial charge < -0.3 is 10.6 Å². The van der Waals surface area contributed by atoms with E-state index in [9.17, 15) is 9.18 Å². The Hall–Kier alpha value is -3.81. The van der Waals surface area contributed by atoms with E-state index in [1.54, 1.807) is 12.1 Å². The molecule has 1 saturated carbocycles. The number of aryl methyl sites for hydroxylation is 2. The minimum atomic E-state index is -0.405. The topological polar surface area (TPSA) is 84.7 Å². The molecule has 4 aromatic rings. The highest BCUT2D eigenvalue weighted by Crippen LogP contribution is 2.29. The summed E-state index contributed by atoms with van der Waals surface area (Å²) >= 11 is 0. The van der Waals surface area contributed by atoms with Crippen molar-refractivity contribution in [2.75, 3.05) is 5.32 Å². The van der Waals surface area contributed by atoms with Crippen LogP contribution < -0.4 is 10.6 Å². The van der Waals surface area contributed by atoms with Gasteiger partial charge in [-0.25, -0.2) is 19.0 Å². The molecule has 0 aliphatic heterocycles. The minimum absolute atomic E-state index is 0.0727. The Kier molecular flexibility index (Phi) is 5.96. The van der Waals surface area contributed by atoms with Gasteiger partial charge in [-0.15, -0.1) is 0 Å². The van der Waals surface area contributed by atoms with Gasteiger partial charge >= 0.3 is 0 Å². The largest absolute Gasteiger partial charge is 0.367 e. The number of nitrogens with one attached hydrogen (secondary N) is 2. The Bertz CT molecular complexity index is 1330. The Labute approximate surface area is 197 Å². The average molecular weight is 459 g/mol. The Morgan fingerprint density at radius 2 is 1.71 bits per heavy atom. The molecule has 2 aromatic carbocycles. The standard InChI is InChI=1S/C26H27FN6O/c1-16-23-24(28-17(2)29-25(23)33(32-16)22-9-4-3-5-10-22)30-20-11-13-21(14-12-20)31-26(34)18-7-6-8-19(27)15-18/h3-10,15,20-21H,11-14H2,1-2H3,(H,31,34)(H,28,29,30). The normalized spacial score (nSPS) is 18.1. The first-order valence-corrected chi connectivity index (χ1v) is 11.6. The number of hydrogen-bond acceptors (Lipinski definition) is 5. The molecule has 1 aliphatic carbocycles. The molecule has 0 atom stereocenters. The van der Waals surface area contributed by atoms with Crippen LogP contribution in [0.5, 0.6) is 0 Å². The van der Waals surface area contributed by atoms with Crippen LogP contribution in [-0.4, -0.2) is 37.7 Å². The molecule has 2 heterocycles.